The molecule has 0 N–H and O–H groups in total. The van der Waals surface area contributed by atoms with Crippen LogP contribution in [0.5, 0.6) is 0 Å². The van der Waals surface area contributed by atoms with Crippen molar-refractivity contribution in [3.05, 3.63) is 35.6 Å². The van der Waals surface area contributed by atoms with Gasteiger partial charge in [0.1, 0.15) is 5.82 Å². The molecule has 1 aromatic carbocycles. The van der Waals surface area contributed by atoms with E-state index in [1.54, 1.807) is 12.1 Å². The lowest BCUT2D eigenvalue weighted by Crippen LogP contribution is -2.29. The highest BCUT2D eigenvalue weighted by molar-refractivity contribution is 5.89. The molecule has 0 radical (unpaired) electrons. The second-order valence-corrected chi connectivity index (χ2v) is 3.86. The Labute approximate surface area is 92.2 Å². The van der Waals surface area contributed by atoms with Crippen molar-refractivity contribution < 1.29 is 18.7 Å². The first-order valence-corrected chi connectivity index (χ1v) is 5.14. The van der Waals surface area contributed by atoms with Crippen molar-refractivity contribution in [2.24, 2.45) is 5.92 Å². The summed E-state index contributed by atoms with van der Waals surface area (Å²) < 4.78 is 17.2. The van der Waals surface area contributed by atoms with Crippen LogP contribution in [0.3, 0.4) is 0 Å². The zero-order chi connectivity index (χ0) is 11.5. The second-order valence-electron chi connectivity index (χ2n) is 3.86. The number of carbonyl (C=O) groups is 2. The highest BCUT2D eigenvalue weighted by Gasteiger charge is 2.28. The summed E-state index contributed by atoms with van der Waals surface area (Å²) in [5, 5.41) is 0. The van der Waals surface area contributed by atoms with Crippen molar-refractivity contribution in [1.29, 1.82) is 0 Å². The van der Waals surface area contributed by atoms with Crippen LogP contribution in [0.2, 0.25) is 0 Å². The van der Waals surface area contributed by atoms with Crippen molar-refractivity contribution in [2.75, 3.05) is 0 Å². The van der Waals surface area contributed by atoms with Crippen LogP contribution < -0.4 is 0 Å². The molecule has 1 heterocycles. The maximum Gasteiger partial charge on any atom is 0.316 e. The fraction of sp³-hybridized carbons (Fsp3) is 0.333. The van der Waals surface area contributed by atoms with Gasteiger partial charge in [0.15, 0.2) is 0 Å². The molecule has 84 valence electrons. The van der Waals surface area contributed by atoms with E-state index in [1.807, 2.05) is 0 Å². The van der Waals surface area contributed by atoms with E-state index in [9.17, 15) is 14.0 Å². The van der Waals surface area contributed by atoms with Gasteiger partial charge in [0.05, 0.1) is 5.92 Å². The van der Waals surface area contributed by atoms with E-state index in [4.69, 9.17) is 0 Å². The summed E-state index contributed by atoms with van der Waals surface area (Å²) in [4.78, 5) is 22.2. The molecular formula is C12H11FO3. The predicted octanol–water partition coefficient (Wildman–Crippen LogP) is 1.85. The van der Waals surface area contributed by atoms with Gasteiger partial charge in [-0.2, -0.15) is 0 Å². The van der Waals surface area contributed by atoms with Crippen LogP contribution in [0.25, 0.3) is 0 Å². The molecule has 1 atom stereocenters. The van der Waals surface area contributed by atoms with Gasteiger partial charge >= 0.3 is 11.9 Å². The second kappa shape index (κ2) is 4.43. The molecule has 16 heavy (non-hydrogen) atoms. The SMILES string of the molecule is O=C1CCC(Cc2ccc(F)cc2)C(=O)O1. The summed E-state index contributed by atoms with van der Waals surface area (Å²) in [6, 6.07) is 5.99. The fourth-order valence-corrected chi connectivity index (χ4v) is 1.75. The lowest BCUT2D eigenvalue weighted by Gasteiger charge is -2.19. The summed E-state index contributed by atoms with van der Waals surface area (Å²) in [6.07, 6.45) is 1.28. The molecule has 0 spiro atoms. The summed E-state index contributed by atoms with van der Waals surface area (Å²) >= 11 is 0. The van der Waals surface area contributed by atoms with E-state index < -0.39 is 11.9 Å². The van der Waals surface area contributed by atoms with Crippen molar-refractivity contribution in [3.63, 3.8) is 0 Å². The Morgan fingerprint density at radius 3 is 2.56 bits per heavy atom. The third kappa shape index (κ3) is 2.45. The minimum atomic E-state index is -0.472. The quantitative estimate of drug-likeness (QED) is 0.566. The Morgan fingerprint density at radius 2 is 1.94 bits per heavy atom. The summed E-state index contributed by atoms with van der Waals surface area (Å²) in [5.74, 6) is -1.52. The van der Waals surface area contributed by atoms with Gasteiger partial charge in [-0.15, -0.1) is 0 Å². The van der Waals surface area contributed by atoms with E-state index >= 15 is 0 Å². The molecule has 3 nitrogen and oxygen atoms in total. The molecule has 2 rings (SSSR count). The van der Waals surface area contributed by atoms with E-state index in [0.29, 0.717) is 12.8 Å². The van der Waals surface area contributed by atoms with Crippen LogP contribution in [-0.2, 0) is 20.7 Å². The van der Waals surface area contributed by atoms with Crippen molar-refractivity contribution in [1.82, 2.24) is 0 Å². The van der Waals surface area contributed by atoms with Gasteiger partial charge < -0.3 is 4.74 Å². The first kappa shape index (κ1) is 10.8. The molecule has 1 aromatic rings. The molecule has 4 heteroatoms. The lowest BCUT2D eigenvalue weighted by atomic mass is 9.93. The minimum Gasteiger partial charge on any atom is -0.393 e. The number of carbonyl (C=O) groups excluding carboxylic acids is 2. The van der Waals surface area contributed by atoms with E-state index in [0.717, 1.165) is 5.56 Å². The lowest BCUT2D eigenvalue weighted by molar-refractivity contribution is -0.167. The molecule has 0 aromatic heterocycles. The Hall–Kier alpha value is -1.71. The summed E-state index contributed by atoms with van der Waals surface area (Å²) in [6.45, 7) is 0. The van der Waals surface area contributed by atoms with Crippen LogP contribution >= 0.6 is 0 Å². The number of ether oxygens (including phenoxy) is 1. The van der Waals surface area contributed by atoms with Crippen LogP contribution in [0, 0.1) is 11.7 Å². The first-order valence-electron chi connectivity index (χ1n) is 5.14. The average molecular weight is 222 g/mol. The maximum absolute atomic E-state index is 12.7. The third-order valence-electron chi connectivity index (χ3n) is 2.64. The monoisotopic (exact) mass is 222 g/mol. The van der Waals surface area contributed by atoms with Crippen LogP contribution in [-0.4, -0.2) is 11.9 Å². The van der Waals surface area contributed by atoms with E-state index in [-0.39, 0.29) is 18.2 Å². The summed E-state index contributed by atoms with van der Waals surface area (Å²) in [5.41, 5.74) is 0.873. The van der Waals surface area contributed by atoms with Gasteiger partial charge in [0.2, 0.25) is 0 Å². The van der Waals surface area contributed by atoms with Crippen LogP contribution in [0.4, 0.5) is 4.39 Å². The molecule has 1 unspecified atom stereocenters. The molecule has 1 fully saturated rings. The number of benzene rings is 1. The summed E-state index contributed by atoms with van der Waals surface area (Å²) in [7, 11) is 0. The minimum absolute atomic E-state index is 0.275. The molecule has 0 aliphatic carbocycles. The van der Waals surface area contributed by atoms with Crippen LogP contribution in [0.15, 0.2) is 24.3 Å². The number of hydrogen-bond donors (Lipinski definition) is 0. The topological polar surface area (TPSA) is 43.4 Å². The largest absolute Gasteiger partial charge is 0.393 e. The number of esters is 2. The molecular weight excluding hydrogens is 211 g/mol. The normalized spacial score (nSPS) is 20.7. The van der Waals surface area contributed by atoms with Gasteiger partial charge in [-0.3, -0.25) is 9.59 Å². The van der Waals surface area contributed by atoms with Crippen molar-refractivity contribution in [3.8, 4) is 0 Å². The third-order valence-corrected chi connectivity index (χ3v) is 2.64. The van der Waals surface area contributed by atoms with Gasteiger partial charge in [0, 0.05) is 6.42 Å². The van der Waals surface area contributed by atoms with E-state index in [1.165, 1.54) is 12.1 Å². The molecule has 1 saturated heterocycles. The Morgan fingerprint density at radius 1 is 1.25 bits per heavy atom. The molecule has 0 saturated carbocycles. The Kier molecular flexibility index (Phi) is 2.99. The number of cyclic esters (lactones) is 2. The molecule has 1 aliphatic rings. The highest BCUT2D eigenvalue weighted by atomic mass is 19.1. The fourth-order valence-electron chi connectivity index (χ4n) is 1.75. The standard InChI is InChI=1S/C12H11FO3/c13-10-4-1-8(2-5-10)7-9-3-6-11(14)16-12(9)15/h1-2,4-5,9H,3,6-7H2. The maximum atomic E-state index is 12.7. The van der Waals surface area contributed by atoms with E-state index in [2.05, 4.69) is 4.74 Å². The molecule has 1 aliphatic heterocycles. The zero-order valence-electron chi connectivity index (χ0n) is 8.61. The van der Waals surface area contributed by atoms with Crippen molar-refractivity contribution >= 4 is 11.9 Å². The zero-order valence-corrected chi connectivity index (χ0v) is 8.61. The van der Waals surface area contributed by atoms with Crippen molar-refractivity contribution in [2.45, 2.75) is 19.3 Å². The average Bonchev–Trinajstić information content (AvgIpc) is 2.25. The highest BCUT2D eigenvalue weighted by Crippen LogP contribution is 2.20. The first-order chi connectivity index (χ1) is 7.65. The number of halogens is 1. The number of rotatable bonds is 2. The Bertz CT molecular complexity index is 411. The number of hydrogen-bond acceptors (Lipinski definition) is 3. The van der Waals surface area contributed by atoms with Gasteiger partial charge in [-0.25, -0.2) is 4.39 Å². The van der Waals surface area contributed by atoms with Gasteiger partial charge in [-0.05, 0) is 30.5 Å². The Balaban J connectivity index is 2.02. The molecule has 0 amide bonds. The smallest absolute Gasteiger partial charge is 0.316 e. The van der Waals surface area contributed by atoms with Gasteiger partial charge in [-0.1, -0.05) is 12.1 Å². The molecule has 0 bridgehead atoms. The van der Waals surface area contributed by atoms with Gasteiger partial charge in [0.25, 0.3) is 0 Å². The van der Waals surface area contributed by atoms with Crippen LogP contribution in [0.1, 0.15) is 18.4 Å². The predicted molar refractivity (Wildman–Crippen MR) is 53.9 cm³/mol.